The molecule has 0 atom stereocenters. The predicted molar refractivity (Wildman–Crippen MR) is 103 cm³/mol. The molecule has 0 aliphatic heterocycles. The molecule has 0 unspecified atom stereocenters. The van der Waals surface area contributed by atoms with E-state index in [0.717, 1.165) is 0 Å². The van der Waals surface area contributed by atoms with Gasteiger partial charge >= 0.3 is 12.0 Å². The lowest BCUT2D eigenvalue weighted by molar-refractivity contribution is -0.123. The molecule has 0 saturated carbocycles. The van der Waals surface area contributed by atoms with E-state index >= 15 is 0 Å². The van der Waals surface area contributed by atoms with Gasteiger partial charge in [-0.2, -0.15) is 0 Å². The highest BCUT2D eigenvalue weighted by Crippen LogP contribution is 2.28. The molecule has 9 nitrogen and oxygen atoms in total. The Bertz CT molecular complexity index is 831. The Balaban J connectivity index is 1.81. The first-order valence-corrected chi connectivity index (χ1v) is 8.97. The van der Waals surface area contributed by atoms with Crippen molar-refractivity contribution in [3.63, 3.8) is 0 Å². The quantitative estimate of drug-likeness (QED) is 0.617. The summed E-state index contributed by atoms with van der Waals surface area (Å²) in [5.74, 6) is 0.252. The fourth-order valence-electron chi connectivity index (χ4n) is 2.17. The Morgan fingerprint density at radius 2 is 1.93 bits per heavy atom. The molecule has 1 aromatic carbocycles. The summed E-state index contributed by atoms with van der Waals surface area (Å²) in [5.41, 5.74) is 0.189. The van der Waals surface area contributed by atoms with Crippen molar-refractivity contribution in [3.05, 3.63) is 47.9 Å². The van der Waals surface area contributed by atoms with Crippen molar-refractivity contribution < 1.29 is 33.0 Å². The van der Waals surface area contributed by atoms with Gasteiger partial charge in [0, 0.05) is 0 Å². The van der Waals surface area contributed by atoms with Gasteiger partial charge in [-0.1, -0.05) is 13.8 Å². The second-order valence-corrected chi connectivity index (χ2v) is 6.46. The number of ether oxygens (including phenoxy) is 3. The average Bonchev–Trinajstić information content (AvgIpc) is 3.22. The van der Waals surface area contributed by atoms with Crippen LogP contribution in [0.15, 0.2) is 41.0 Å². The monoisotopic (exact) mass is 404 g/mol. The fourth-order valence-corrected chi connectivity index (χ4v) is 2.17. The van der Waals surface area contributed by atoms with E-state index in [9.17, 15) is 14.4 Å². The second-order valence-electron chi connectivity index (χ2n) is 6.46. The highest BCUT2D eigenvalue weighted by Gasteiger charge is 2.15. The normalized spacial score (nSPS) is 10.3. The van der Waals surface area contributed by atoms with Crippen molar-refractivity contribution in [2.45, 2.75) is 20.4 Å². The highest BCUT2D eigenvalue weighted by atomic mass is 16.5. The SMILES string of the molecule is COc1cc(C(=O)OCC(=O)NC(=O)NCc2ccco2)ccc1OCC(C)C. The molecule has 0 bridgehead atoms. The first-order chi connectivity index (χ1) is 13.9. The molecular formula is C20H24N2O7. The molecule has 2 aromatic rings. The maximum atomic E-state index is 12.2. The molecule has 2 N–H and O–H groups in total. The van der Waals surface area contributed by atoms with Crippen LogP contribution < -0.4 is 20.1 Å². The van der Waals surface area contributed by atoms with Crippen molar-refractivity contribution >= 4 is 17.9 Å². The Hall–Kier alpha value is -3.49. The lowest BCUT2D eigenvalue weighted by Gasteiger charge is -2.13. The summed E-state index contributed by atoms with van der Waals surface area (Å²) in [6.45, 7) is 4.04. The summed E-state index contributed by atoms with van der Waals surface area (Å²) in [6.07, 6.45) is 1.47. The Morgan fingerprint density at radius 1 is 1.14 bits per heavy atom. The molecule has 0 aliphatic rings. The van der Waals surface area contributed by atoms with Crippen molar-refractivity contribution in [1.82, 2.24) is 10.6 Å². The summed E-state index contributed by atoms with van der Waals surface area (Å²) >= 11 is 0. The molecule has 0 aliphatic carbocycles. The number of furan rings is 1. The first-order valence-electron chi connectivity index (χ1n) is 8.97. The van der Waals surface area contributed by atoms with E-state index in [1.54, 1.807) is 18.2 Å². The standard InChI is InChI=1S/C20H24N2O7/c1-13(2)11-28-16-7-6-14(9-17(16)26-3)19(24)29-12-18(23)22-20(25)21-10-15-5-4-8-27-15/h4-9,13H,10-12H2,1-3H3,(H2,21,22,23,25). The summed E-state index contributed by atoms with van der Waals surface area (Å²) in [5, 5.41) is 4.50. The van der Waals surface area contributed by atoms with Gasteiger partial charge < -0.3 is 23.9 Å². The van der Waals surface area contributed by atoms with Gasteiger partial charge in [0.15, 0.2) is 18.1 Å². The summed E-state index contributed by atoms with van der Waals surface area (Å²) in [7, 11) is 1.46. The van der Waals surface area contributed by atoms with Gasteiger partial charge in [-0.15, -0.1) is 0 Å². The van der Waals surface area contributed by atoms with Gasteiger partial charge in [0.05, 0.1) is 32.1 Å². The Kier molecular flexibility index (Phi) is 8.08. The van der Waals surface area contributed by atoms with E-state index in [-0.39, 0.29) is 12.1 Å². The number of esters is 1. The van der Waals surface area contributed by atoms with Gasteiger partial charge in [-0.3, -0.25) is 10.1 Å². The molecule has 9 heteroatoms. The zero-order valence-corrected chi connectivity index (χ0v) is 16.5. The molecule has 1 heterocycles. The molecule has 0 fully saturated rings. The summed E-state index contributed by atoms with van der Waals surface area (Å²) < 4.78 is 20.8. The van der Waals surface area contributed by atoms with Gasteiger partial charge in [-0.25, -0.2) is 9.59 Å². The van der Waals surface area contributed by atoms with Crippen molar-refractivity contribution in [2.24, 2.45) is 5.92 Å². The van der Waals surface area contributed by atoms with Crippen LogP contribution in [0, 0.1) is 5.92 Å². The van der Waals surface area contributed by atoms with Gasteiger partial charge in [0.2, 0.25) is 0 Å². The van der Waals surface area contributed by atoms with Gasteiger partial charge in [0.1, 0.15) is 5.76 Å². The number of urea groups is 1. The van der Waals surface area contributed by atoms with E-state index in [0.29, 0.717) is 29.8 Å². The van der Waals surface area contributed by atoms with Crippen molar-refractivity contribution in [3.8, 4) is 11.5 Å². The number of nitrogens with one attached hydrogen (secondary N) is 2. The van der Waals surface area contributed by atoms with Crippen LogP contribution in [0.2, 0.25) is 0 Å². The van der Waals surface area contributed by atoms with Crippen molar-refractivity contribution in [1.29, 1.82) is 0 Å². The van der Waals surface area contributed by atoms with Crippen LogP contribution in [-0.4, -0.2) is 38.2 Å². The molecule has 156 valence electrons. The van der Waals surface area contributed by atoms with E-state index in [1.807, 2.05) is 13.8 Å². The maximum Gasteiger partial charge on any atom is 0.338 e. The number of hydrogen-bond donors (Lipinski definition) is 2. The highest BCUT2D eigenvalue weighted by molar-refractivity contribution is 5.97. The minimum absolute atomic E-state index is 0.122. The number of methoxy groups -OCH3 is 1. The van der Waals surface area contributed by atoms with Crippen molar-refractivity contribution in [2.75, 3.05) is 20.3 Å². The third-order valence-electron chi connectivity index (χ3n) is 3.56. The third-order valence-corrected chi connectivity index (χ3v) is 3.56. The van der Waals surface area contributed by atoms with E-state index < -0.39 is 24.5 Å². The number of carbonyl (C=O) groups is 3. The van der Waals surface area contributed by atoms with Crippen LogP contribution in [0.1, 0.15) is 30.0 Å². The van der Waals surface area contributed by atoms with Crippen LogP contribution in [0.4, 0.5) is 4.79 Å². The smallest absolute Gasteiger partial charge is 0.338 e. The van der Waals surface area contributed by atoms with Crippen LogP contribution >= 0.6 is 0 Å². The van der Waals surface area contributed by atoms with Gasteiger partial charge in [0.25, 0.3) is 5.91 Å². The minimum atomic E-state index is -0.765. The number of hydrogen-bond acceptors (Lipinski definition) is 7. The van der Waals surface area contributed by atoms with Crippen LogP contribution in [0.5, 0.6) is 11.5 Å². The minimum Gasteiger partial charge on any atom is -0.493 e. The number of rotatable bonds is 9. The van der Waals surface area contributed by atoms with E-state index in [1.165, 1.54) is 25.5 Å². The van der Waals surface area contributed by atoms with Crippen LogP contribution in [0.25, 0.3) is 0 Å². The largest absolute Gasteiger partial charge is 0.493 e. The lowest BCUT2D eigenvalue weighted by atomic mass is 10.2. The zero-order chi connectivity index (χ0) is 21.2. The Labute approximate surface area is 168 Å². The number of carbonyl (C=O) groups excluding carboxylic acids is 3. The molecule has 0 saturated heterocycles. The molecule has 3 amide bonds. The zero-order valence-electron chi connectivity index (χ0n) is 16.5. The molecule has 1 aromatic heterocycles. The topological polar surface area (TPSA) is 116 Å². The number of amides is 3. The average molecular weight is 404 g/mol. The summed E-state index contributed by atoms with van der Waals surface area (Å²) in [6, 6.07) is 7.20. The molecule has 29 heavy (non-hydrogen) atoms. The molecule has 0 radical (unpaired) electrons. The third kappa shape index (κ3) is 7.21. The number of benzene rings is 1. The first kappa shape index (κ1) is 21.8. The predicted octanol–water partition coefficient (Wildman–Crippen LogP) is 2.51. The van der Waals surface area contributed by atoms with Gasteiger partial charge in [-0.05, 0) is 36.2 Å². The second kappa shape index (κ2) is 10.7. The summed E-state index contributed by atoms with van der Waals surface area (Å²) in [4.78, 5) is 35.5. The molecule has 2 rings (SSSR count). The fraction of sp³-hybridized carbons (Fsp3) is 0.350. The number of imide groups is 1. The lowest BCUT2D eigenvalue weighted by Crippen LogP contribution is -2.41. The van der Waals surface area contributed by atoms with Crippen LogP contribution in [0.3, 0.4) is 0 Å². The van der Waals surface area contributed by atoms with Crippen LogP contribution in [-0.2, 0) is 16.1 Å². The van der Waals surface area contributed by atoms with E-state index in [4.69, 9.17) is 18.6 Å². The maximum absolute atomic E-state index is 12.2. The molecule has 0 spiro atoms. The molecular weight excluding hydrogens is 380 g/mol. The Morgan fingerprint density at radius 3 is 2.59 bits per heavy atom. The van der Waals surface area contributed by atoms with E-state index in [2.05, 4.69) is 10.6 Å².